The summed E-state index contributed by atoms with van der Waals surface area (Å²) < 4.78 is 0.500. The highest BCUT2D eigenvalue weighted by Gasteiger charge is 2.36. The van der Waals surface area contributed by atoms with Crippen molar-refractivity contribution in [2.45, 2.75) is 42.9 Å². The topological polar surface area (TPSA) is 32.3 Å². The van der Waals surface area contributed by atoms with Gasteiger partial charge in [0.1, 0.15) is 5.75 Å². The molecule has 0 amide bonds. The third-order valence-corrected chi connectivity index (χ3v) is 5.99. The molecule has 0 saturated heterocycles. The van der Waals surface area contributed by atoms with Gasteiger partial charge in [0.2, 0.25) is 0 Å². The molecular formula is C15H21NOS. The van der Waals surface area contributed by atoms with Crippen LogP contribution in [0.5, 0.6) is 5.75 Å². The Morgan fingerprint density at radius 2 is 2.28 bits per heavy atom. The van der Waals surface area contributed by atoms with Crippen LogP contribution in [0.4, 0.5) is 0 Å². The van der Waals surface area contributed by atoms with Gasteiger partial charge in [-0.1, -0.05) is 12.5 Å². The van der Waals surface area contributed by atoms with Crippen LogP contribution in [0.1, 0.15) is 42.9 Å². The minimum Gasteiger partial charge on any atom is -0.508 e. The molecule has 3 rings (SSSR count). The van der Waals surface area contributed by atoms with Gasteiger partial charge in [-0.3, -0.25) is 0 Å². The van der Waals surface area contributed by atoms with Crippen molar-refractivity contribution >= 4 is 11.8 Å². The Hall–Kier alpha value is -0.670. The van der Waals surface area contributed by atoms with Crippen molar-refractivity contribution in [2.75, 3.05) is 12.8 Å². The average molecular weight is 263 g/mol. The van der Waals surface area contributed by atoms with E-state index < -0.39 is 0 Å². The van der Waals surface area contributed by atoms with Gasteiger partial charge in [0.15, 0.2) is 0 Å². The number of phenolic OH excluding ortho intramolecular Hbond substituents is 1. The second kappa shape index (κ2) is 4.78. The summed E-state index contributed by atoms with van der Waals surface area (Å²) in [5, 5.41) is 13.3. The number of nitrogens with one attached hydrogen (secondary N) is 1. The summed E-state index contributed by atoms with van der Waals surface area (Å²) in [5.41, 5.74) is 2.71. The SMILES string of the molecule is CSC1(CNC2CCc3cc(O)ccc32)CCC1. The number of benzene rings is 1. The number of thioether (sulfide) groups is 1. The lowest BCUT2D eigenvalue weighted by atomic mass is 9.84. The first kappa shape index (κ1) is 12.4. The third kappa shape index (κ3) is 2.14. The summed E-state index contributed by atoms with van der Waals surface area (Å²) in [6, 6.07) is 6.31. The Morgan fingerprint density at radius 3 is 2.94 bits per heavy atom. The quantitative estimate of drug-likeness (QED) is 0.874. The van der Waals surface area contributed by atoms with E-state index in [1.54, 1.807) is 0 Å². The molecule has 1 aromatic carbocycles. The Bertz CT molecular complexity index is 437. The van der Waals surface area contributed by atoms with Gasteiger partial charge in [-0.05, 0) is 55.2 Å². The van der Waals surface area contributed by atoms with Crippen LogP contribution < -0.4 is 5.32 Å². The Morgan fingerprint density at radius 1 is 1.44 bits per heavy atom. The molecular weight excluding hydrogens is 242 g/mol. The summed E-state index contributed by atoms with van der Waals surface area (Å²) >= 11 is 2.02. The third-order valence-electron chi connectivity index (χ3n) is 4.57. The second-order valence-corrected chi connectivity index (χ2v) is 6.87. The summed E-state index contributed by atoms with van der Waals surface area (Å²) in [6.07, 6.45) is 8.60. The Balaban J connectivity index is 1.66. The van der Waals surface area contributed by atoms with Gasteiger partial charge in [0.05, 0.1) is 0 Å². The molecule has 1 saturated carbocycles. The van der Waals surface area contributed by atoms with Crippen molar-refractivity contribution in [3.63, 3.8) is 0 Å². The Kier molecular flexibility index (Phi) is 3.29. The van der Waals surface area contributed by atoms with Crippen molar-refractivity contribution in [2.24, 2.45) is 0 Å². The fraction of sp³-hybridized carbons (Fsp3) is 0.600. The van der Waals surface area contributed by atoms with Crippen molar-refractivity contribution < 1.29 is 5.11 Å². The second-order valence-electron chi connectivity index (χ2n) is 5.60. The highest BCUT2D eigenvalue weighted by atomic mass is 32.2. The van der Waals surface area contributed by atoms with Crippen molar-refractivity contribution in [3.05, 3.63) is 29.3 Å². The smallest absolute Gasteiger partial charge is 0.115 e. The average Bonchev–Trinajstić information content (AvgIpc) is 2.71. The number of aryl methyl sites for hydroxylation is 1. The first-order chi connectivity index (χ1) is 8.72. The Labute approximate surface area is 113 Å². The fourth-order valence-electron chi connectivity index (χ4n) is 3.15. The molecule has 98 valence electrons. The number of phenols is 1. The summed E-state index contributed by atoms with van der Waals surface area (Å²) in [4.78, 5) is 0. The lowest BCUT2D eigenvalue weighted by Crippen LogP contribution is -2.44. The van der Waals surface area contributed by atoms with E-state index in [9.17, 15) is 5.11 Å². The number of hydrogen-bond donors (Lipinski definition) is 2. The van der Waals surface area contributed by atoms with Crippen LogP contribution in [0.3, 0.4) is 0 Å². The zero-order valence-corrected chi connectivity index (χ0v) is 11.7. The van der Waals surface area contributed by atoms with E-state index in [-0.39, 0.29) is 0 Å². The molecule has 2 aliphatic carbocycles. The molecule has 0 radical (unpaired) electrons. The molecule has 0 heterocycles. The van der Waals surface area contributed by atoms with Crippen LogP contribution >= 0.6 is 11.8 Å². The zero-order chi connectivity index (χ0) is 12.6. The monoisotopic (exact) mass is 263 g/mol. The van der Waals surface area contributed by atoms with Gasteiger partial charge in [0, 0.05) is 17.3 Å². The molecule has 0 aliphatic heterocycles. The molecule has 1 fully saturated rings. The lowest BCUT2D eigenvalue weighted by molar-refractivity contribution is 0.330. The summed E-state index contributed by atoms with van der Waals surface area (Å²) in [7, 11) is 0. The van der Waals surface area contributed by atoms with Crippen LogP contribution in [0.2, 0.25) is 0 Å². The zero-order valence-electron chi connectivity index (χ0n) is 10.9. The van der Waals surface area contributed by atoms with E-state index >= 15 is 0 Å². The normalized spacial score (nSPS) is 24.6. The maximum absolute atomic E-state index is 9.50. The fourth-order valence-corrected chi connectivity index (χ4v) is 4.07. The van der Waals surface area contributed by atoms with E-state index in [1.165, 1.54) is 36.8 Å². The minimum absolute atomic E-state index is 0.397. The highest BCUT2D eigenvalue weighted by Crippen LogP contribution is 2.43. The molecule has 0 bridgehead atoms. The van der Waals surface area contributed by atoms with Crippen LogP contribution in [0.25, 0.3) is 0 Å². The summed E-state index contributed by atoms with van der Waals surface area (Å²) in [6.45, 7) is 1.12. The van der Waals surface area contributed by atoms with Crippen LogP contribution in [0.15, 0.2) is 18.2 Å². The first-order valence-corrected chi connectivity index (χ1v) is 8.05. The molecule has 2 aliphatic rings. The maximum atomic E-state index is 9.50. The van der Waals surface area contributed by atoms with Crippen LogP contribution in [-0.2, 0) is 6.42 Å². The first-order valence-electron chi connectivity index (χ1n) is 6.83. The lowest BCUT2D eigenvalue weighted by Gasteiger charge is -2.41. The van der Waals surface area contributed by atoms with Gasteiger partial charge in [0.25, 0.3) is 0 Å². The molecule has 1 atom stereocenters. The van der Waals surface area contributed by atoms with Crippen molar-refractivity contribution in [1.82, 2.24) is 5.32 Å². The van der Waals surface area contributed by atoms with Gasteiger partial charge in [-0.15, -0.1) is 0 Å². The van der Waals surface area contributed by atoms with Crippen molar-refractivity contribution in [1.29, 1.82) is 0 Å². The van der Waals surface area contributed by atoms with E-state index in [2.05, 4.69) is 17.6 Å². The molecule has 0 spiro atoms. The predicted octanol–water partition coefficient (Wildman–Crippen LogP) is 3.25. The number of fused-ring (bicyclic) bond motifs is 1. The van der Waals surface area contributed by atoms with E-state index in [4.69, 9.17) is 0 Å². The number of aromatic hydroxyl groups is 1. The van der Waals surface area contributed by atoms with Crippen LogP contribution in [-0.4, -0.2) is 22.7 Å². The molecule has 1 unspecified atom stereocenters. The van der Waals surface area contributed by atoms with Gasteiger partial charge >= 0.3 is 0 Å². The molecule has 2 N–H and O–H groups in total. The molecule has 3 heteroatoms. The van der Waals surface area contributed by atoms with Gasteiger partial charge < -0.3 is 10.4 Å². The number of hydrogen-bond acceptors (Lipinski definition) is 3. The molecule has 0 aromatic heterocycles. The van der Waals surface area contributed by atoms with Crippen LogP contribution in [0, 0.1) is 0 Å². The molecule has 18 heavy (non-hydrogen) atoms. The van der Waals surface area contributed by atoms with Gasteiger partial charge in [-0.25, -0.2) is 0 Å². The maximum Gasteiger partial charge on any atom is 0.115 e. The minimum atomic E-state index is 0.397. The molecule has 1 aromatic rings. The van der Waals surface area contributed by atoms with Gasteiger partial charge in [-0.2, -0.15) is 11.8 Å². The largest absolute Gasteiger partial charge is 0.508 e. The predicted molar refractivity (Wildman–Crippen MR) is 77.3 cm³/mol. The summed E-state index contributed by atoms with van der Waals surface area (Å²) in [5.74, 6) is 0.397. The van der Waals surface area contributed by atoms with E-state index in [0.717, 1.165) is 13.0 Å². The van der Waals surface area contributed by atoms with E-state index in [1.807, 2.05) is 23.9 Å². The van der Waals surface area contributed by atoms with Crippen molar-refractivity contribution in [3.8, 4) is 5.75 Å². The highest BCUT2D eigenvalue weighted by molar-refractivity contribution is 8.00. The number of rotatable bonds is 4. The van der Waals surface area contributed by atoms with E-state index in [0.29, 0.717) is 16.5 Å². The standard InChI is InChI=1S/C15H21NOS/c1-18-15(7-2-8-15)10-16-14-6-3-11-9-12(17)4-5-13(11)14/h4-5,9,14,16-17H,2-3,6-8,10H2,1H3. The molecule has 2 nitrogen and oxygen atoms in total.